The molecule has 0 radical (unpaired) electrons. The zero-order chi connectivity index (χ0) is 12.7. The summed E-state index contributed by atoms with van der Waals surface area (Å²) in [6.07, 6.45) is 0.963. The van der Waals surface area contributed by atoms with Gasteiger partial charge in [-0.05, 0) is 31.0 Å². The maximum absolute atomic E-state index is 11.5. The fraction of sp³-hybridized carbons (Fsp3) is 0.462. The number of rotatable bonds is 6. The summed E-state index contributed by atoms with van der Waals surface area (Å²) in [5.74, 6) is 1.41. The van der Waals surface area contributed by atoms with Crippen molar-refractivity contribution in [3.63, 3.8) is 0 Å². The predicted octanol–water partition coefficient (Wildman–Crippen LogP) is 3.49. The molecule has 1 atom stereocenters. The summed E-state index contributed by atoms with van der Waals surface area (Å²) < 4.78 is 0. The van der Waals surface area contributed by atoms with Gasteiger partial charge in [-0.1, -0.05) is 30.7 Å². The highest BCUT2D eigenvalue weighted by atomic mass is 35.5. The van der Waals surface area contributed by atoms with Crippen LogP contribution in [0.4, 0.5) is 0 Å². The average Bonchev–Trinajstić information content (AvgIpc) is 2.29. The van der Waals surface area contributed by atoms with Crippen molar-refractivity contribution in [2.24, 2.45) is 0 Å². The van der Waals surface area contributed by atoms with Crippen molar-refractivity contribution >= 4 is 29.3 Å². The maximum atomic E-state index is 11.5. The number of hydrogen-bond acceptors (Lipinski definition) is 2. The van der Waals surface area contributed by atoms with Crippen LogP contribution in [-0.4, -0.2) is 17.7 Å². The SMILES string of the molecule is CCC(C)NC(=O)CSCc1cccc(Cl)c1. The van der Waals surface area contributed by atoms with E-state index in [2.05, 4.69) is 12.2 Å². The summed E-state index contributed by atoms with van der Waals surface area (Å²) in [7, 11) is 0. The van der Waals surface area contributed by atoms with E-state index in [4.69, 9.17) is 11.6 Å². The van der Waals surface area contributed by atoms with E-state index in [1.807, 2.05) is 31.2 Å². The third-order valence-corrected chi connectivity index (χ3v) is 3.65. The van der Waals surface area contributed by atoms with Crippen LogP contribution in [0.25, 0.3) is 0 Å². The van der Waals surface area contributed by atoms with E-state index in [-0.39, 0.29) is 11.9 Å². The second-order valence-electron chi connectivity index (χ2n) is 4.00. The van der Waals surface area contributed by atoms with Crippen LogP contribution in [0.5, 0.6) is 0 Å². The van der Waals surface area contributed by atoms with E-state index in [1.165, 1.54) is 0 Å². The van der Waals surface area contributed by atoms with E-state index in [0.29, 0.717) is 5.75 Å². The number of thioether (sulfide) groups is 1. The van der Waals surface area contributed by atoms with Gasteiger partial charge in [-0.15, -0.1) is 11.8 Å². The number of halogens is 1. The second-order valence-corrected chi connectivity index (χ2v) is 5.42. The molecule has 0 aliphatic rings. The van der Waals surface area contributed by atoms with Crippen LogP contribution in [0.2, 0.25) is 5.02 Å². The van der Waals surface area contributed by atoms with E-state index in [1.54, 1.807) is 11.8 Å². The van der Waals surface area contributed by atoms with Gasteiger partial charge in [0, 0.05) is 16.8 Å². The molecule has 1 aromatic rings. The first-order valence-electron chi connectivity index (χ1n) is 5.73. The highest BCUT2D eigenvalue weighted by Crippen LogP contribution is 2.16. The van der Waals surface area contributed by atoms with Gasteiger partial charge in [0.1, 0.15) is 0 Å². The smallest absolute Gasteiger partial charge is 0.230 e. The number of hydrogen-bond donors (Lipinski definition) is 1. The number of nitrogens with one attached hydrogen (secondary N) is 1. The molecule has 1 unspecified atom stereocenters. The minimum Gasteiger partial charge on any atom is -0.353 e. The Morgan fingerprint density at radius 1 is 1.53 bits per heavy atom. The Morgan fingerprint density at radius 2 is 2.29 bits per heavy atom. The summed E-state index contributed by atoms with van der Waals surface area (Å²) in [6, 6.07) is 7.99. The molecule has 0 spiro atoms. The summed E-state index contributed by atoms with van der Waals surface area (Å²) in [5.41, 5.74) is 1.15. The molecular weight excluding hydrogens is 254 g/mol. The van der Waals surface area contributed by atoms with Crippen LogP contribution in [0.15, 0.2) is 24.3 Å². The first-order chi connectivity index (χ1) is 8.11. The lowest BCUT2D eigenvalue weighted by atomic mass is 10.2. The van der Waals surface area contributed by atoms with Crippen molar-refractivity contribution in [2.75, 3.05) is 5.75 Å². The van der Waals surface area contributed by atoms with Gasteiger partial charge < -0.3 is 5.32 Å². The van der Waals surface area contributed by atoms with Crippen LogP contribution in [-0.2, 0) is 10.5 Å². The van der Waals surface area contributed by atoms with Crippen LogP contribution in [0, 0.1) is 0 Å². The maximum Gasteiger partial charge on any atom is 0.230 e. The molecule has 94 valence electrons. The molecule has 4 heteroatoms. The summed E-state index contributed by atoms with van der Waals surface area (Å²) in [4.78, 5) is 11.5. The molecule has 2 nitrogen and oxygen atoms in total. The molecular formula is C13H18ClNOS. The van der Waals surface area contributed by atoms with E-state index >= 15 is 0 Å². The molecule has 1 N–H and O–H groups in total. The molecule has 0 saturated heterocycles. The molecule has 0 saturated carbocycles. The Morgan fingerprint density at radius 3 is 2.94 bits per heavy atom. The van der Waals surface area contributed by atoms with Gasteiger partial charge in [-0.25, -0.2) is 0 Å². The van der Waals surface area contributed by atoms with Crippen molar-refractivity contribution in [3.8, 4) is 0 Å². The minimum atomic E-state index is 0.103. The Labute approximate surface area is 112 Å². The van der Waals surface area contributed by atoms with Gasteiger partial charge in [0.25, 0.3) is 0 Å². The molecule has 0 aliphatic carbocycles. The van der Waals surface area contributed by atoms with Crippen molar-refractivity contribution in [1.82, 2.24) is 5.32 Å². The highest BCUT2D eigenvalue weighted by Gasteiger charge is 2.05. The average molecular weight is 272 g/mol. The number of carbonyl (C=O) groups excluding carboxylic acids is 1. The van der Waals surface area contributed by atoms with Crippen LogP contribution in [0.3, 0.4) is 0 Å². The molecule has 1 aromatic carbocycles. The molecule has 0 fully saturated rings. The first-order valence-corrected chi connectivity index (χ1v) is 7.26. The van der Waals surface area contributed by atoms with E-state index < -0.39 is 0 Å². The Bertz CT molecular complexity index is 370. The third-order valence-electron chi connectivity index (χ3n) is 2.41. The molecule has 17 heavy (non-hydrogen) atoms. The molecule has 1 amide bonds. The monoisotopic (exact) mass is 271 g/mol. The van der Waals surface area contributed by atoms with Gasteiger partial charge in [0.05, 0.1) is 5.75 Å². The van der Waals surface area contributed by atoms with Crippen molar-refractivity contribution < 1.29 is 4.79 Å². The number of carbonyl (C=O) groups is 1. The first kappa shape index (κ1) is 14.4. The summed E-state index contributed by atoms with van der Waals surface area (Å²) >= 11 is 7.49. The van der Waals surface area contributed by atoms with Gasteiger partial charge in [-0.2, -0.15) is 0 Å². The zero-order valence-electron chi connectivity index (χ0n) is 10.2. The highest BCUT2D eigenvalue weighted by molar-refractivity contribution is 7.99. The van der Waals surface area contributed by atoms with Crippen molar-refractivity contribution in [3.05, 3.63) is 34.9 Å². The molecule has 0 aliphatic heterocycles. The standard InChI is InChI=1S/C13H18ClNOS/c1-3-10(2)15-13(16)9-17-8-11-5-4-6-12(14)7-11/h4-7,10H,3,8-9H2,1-2H3,(H,15,16). The summed E-state index contributed by atoms with van der Waals surface area (Å²) in [5, 5.41) is 3.68. The molecule has 1 rings (SSSR count). The third kappa shape index (κ3) is 5.99. The van der Waals surface area contributed by atoms with E-state index in [9.17, 15) is 4.79 Å². The van der Waals surface area contributed by atoms with Crippen LogP contribution < -0.4 is 5.32 Å². The second kappa shape index (κ2) is 7.62. The topological polar surface area (TPSA) is 29.1 Å². The van der Waals surface area contributed by atoms with Gasteiger partial charge in [0.2, 0.25) is 5.91 Å². The van der Waals surface area contributed by atoms with Crippen molar-refractivity contribution in [2.45, 2.75) is 32.1 Å². The fourth-order valence-corrected chi connectivity index (χ4v) is 2.31. The normalized spacial score (nSPS) is 12.2. The van der Waals surface area contributed by atoms with Gasteiger partial charge in [0.15, 0.2) is 0 Å². The lowest BCUT2D eigenvalue weighted by Gasteiger charge is -2.10. The lowest BCUT2D eigenvalue weighted by molar-refractivity contribution is -0.119. The predicted molar refractivity (Wildman–Crippen MR) is 75.5 cm³/mol. The molecule has 0 heterocycles. The Hall–Kier alpha value is -0.670. The number of benzene rings is 1. The van der Waals surface area contributed by atoms with Crippen LogP contribution >= 0.6 is 23.4 Å². The fourth-order valence-electron chi connectivity index (χ4n) is 1.31. The van der Waals surface area contributed by atoms with Crippen LogP contribution in [0.1, 0.15) is 25.8 Å². The summed E-state index contributed by atoms with van der Waals surface area (Å²) in [6.45, 7) is 4.07. The van der Waals surface area contributed by atoms with Gasteiger partial charge in [-0.3, -0.25) is 4.79 Å². The zero-order valence-corrected chi connectivity index (χ0v) is 11.8. The van der Waals surface area contributed by atoms with Crippen molar-refractivity contribution in [1.29, 1.82) is 0 Å². The minimum absolute atomic E-state index is 0.103. The molecule has 0 aromatic heterocycles. The Balaban J connectivity index is 2.26. The quantitative estimate of drug-likeness (QED) is 0.858. The lowest BCUT2D eigenvalue weighted by Crippen LogP contribution is -2.33. The van der Waals surface area contributed by atoms with E-state index in [0.717, 1.165) is 22.8 Å². The van der Waals surface area contributed by atoms with Gasteiger partial charge >= 0.3 is 0 Å². The Kier molecular flexibility index (Phi) is 6.45. The largest absolute Gasteiger partial charge is 0.353 e. The molecule has 0 bridgehead atoms. The number of amides is 1.